The minimum atomic E-state index is -1.08. The number of allylic oxidation sites excluding steroid dienone is 2. The summed E-state index contributed by atoms with van der Waals surface area (Å²) in [5, 5.41) is 11.7. The zero-order chi connectivity index (χ0) is 17.4. The van der Waals surface area contributed by atoms with Crippen LogP contribution in [0.25, 0.3) is 0 Å². The van der Waals surface area contributed by atoms with E-state index in [1.807, 2.05) is 29.2 Å². The topological polar surface area (TPSA) is 73.3 Å². The Morgan fingerprint density at radius 1 is 1.08 bits per heavy atom. The Hall–Kier alpha value is -2.17. The van der Waals surface area contributed by atoms with Crippen LogP contribution in [-0.2, 0) is 16.1 Å². The van der Waals surface area contributed by atoms with Crippen molar-refractivity contribution in [2.45, 2.75) is 44.7 Å². The monoisotopic (exact) mass is 339 g/mol. The first-order valence-electron chi connectivity index (χ1n) is 9.23. The van der Waals surface area contributed by atoms with Crippen LogP contribution in [0.15, 0.2) is 36.7 Å². The van der Waals surface area contributed by atoms with Gasteiger partial charge in [-0.15, -0.1) is 0 Å². The molecule has 3 aliphatic rings. The average molecular weight is 339 g/mol. The Morgan fingerprint density at radius 2 is 1.72 bits per heavy atom. The van der Waals surface area contributed by atoms with E-state index in [1.165, 1.54) is 0 Å². The normalized spacial score (nSPS) is 30.7. The lowest BCUT2D eigenvalue weighted by atomic mass is 9.81. The molecule has 0 N–H and O–H groups in total. The lowest BCUT2D eigenvalue weighted by Gasteiger charge is -2.36. The highest BCUT2D eigenvalue weighted by Crippen LogP contribution is 2.49. The van der Waals surface area contributed by atoms with Gasteiger partial charge in [-0.25, -0.2) is 0 Å². The van der Waals surface area contributed by atoms with E-state index in [0.29, 0.717) is 6.54 Å². The van der Waals surface area contributed by atoms with E-state index in [2.05, 4.69) is 4.98 Å². The van der Waals surface area contributed by atoms with Gasteiger partial charge < -0.3 is 14.8 Å². The summed E-state index contributed by atoms with van der Waals surface area (Å²) in [6, 6.07) is 4.06. The molecule has 1 amide bonds. The Balaban J connectivity index is 1.61. The van der Waals surface area contributed by atoms with E-state index in [9.17, 15) is 14.7 Å². The second-order valence-corrected chi connectivity index (χ2v) is 7.58. The Bertz CT molecular complexity index is 681. The molecule has 1 aromatic rings. The summed E-state index contributed by atoms with van der Waals surface area (Å²) >= 11 is 0. The number of aliphatic carboxylic acids is 1. The van der Waals surface area contributed by atoms with Crippen molar-refractivity contribution >= 4 is 11.9 Å². The molecule has 3 aliphatic carbocycles. The van der Waals surface area contributed by atoms with Crippen molar-refractivity contribution in [2.75, 3.05) is 0 Å². The molecule has 5 nitrogen and oxygen atoms in total. The second kappa shape index (κ2) is 6.62. The molecule has 5 heteroatoms. The van der Waals surface area contributed by atoms with E-state index in [4.69, 9.17) is 0 Å². The Morgan fingerprint density at radius 3 is 2.36 bits per heavy atom. The molecule has 0 radical (unpaired) electrons. The zero-order valence-electron chi connectivity index (χ0n) is 14.2. The highest BCUT2D eigenvalue weighted by molar-refractivity contribution is 5.86. The predicted octanol–water partition coefficient (Wildman–Crippen LogP) is 1.54. The van der Waals surface area contributed by atoms with Gasteiger partial charge in [0, 0.05) is 36.9 Å². The number of hydrogen-bond acceptors (Lipinski definition) is 4. The maximum absolute atomic E-state index is 13.4. The molecule has 0 unspecified atom stereocenters. The minimum absolute atomic E-state index is 0.00485. The van der Waals surface area contributed by atoms with E-state index in [0.717, 1.165) is 37.7 Å². The predicted molar refractivity (Wildman–Crippen MR) is 89.8 cm³/mol. The van der Waals surface area contributed by atoms with Gasteiger partial charge in [0.1, 0.15) is 0 Å². The average Bonchev–Trinajstić information content (AvgIpc) is 3.36. The van der Waals surface area contributed by atoms with Gasteiger partial charge in [0.15, 0.2) is 0 Å². The summed E-state index contributed by atoms with van der Waals surface area (Å²) in [7, 11) is 0. The summed E-state index contributed by atoms with van der Waals surface area (Å²) in [6.07, 6.45) is 12.5. The van der Waals surface area contributed by atoms with Gasteiger partial charge in [-0.2, -0.15) is 0 Å². The molecular formula is C20H23N2O3-. The largest absolute Gasteiger partial charge is 0.550 e. The SMILES string of the molecule is O=C([O-])[C@H]1[C@@H](C(=O)N(Cc2ccncc2)C2CCCC2)[C@@H]2C=C[C@H]1C2. The molecule has 2 fully saturated rings. The number of carbonyl (C=O) groups is 2. The van der Waals surface area contributed by atoms with E-state index in [1.54, 1.807) is 12.4 Å². The fourth-order valence-electron chi connectivity index (χ4n) is 4.96. The maximum Gasteiger partial charge on any atom is 0.227 e. The number of nitrogens with zero attached hydrogens (tertiary/aromatic N) is 2. The Labute approximate surface area is 147 Å². The number of amides is 1. The minimum Gasteiger partial charge on any atom is -0.550 e. The summed E-state index contributed by atoms with van der Waals surface area (Å²) in [6.45, 7) is 0.531. The first-order valence-corrected chi connectivity index (χ1v) is 9.23. The number of aromatic nitrogens is 1. The third kappa shape index (κ3) is 2.96. The lowest BCUT2D eigenvalue weighted by Crippen LogP contribution is -2.48. The van der Waals surface area contributed by atoms with Gasteiger partial charge in [0.2, 0.25) is 5.91 Å². The second-order valence-electron chi connectivity index (χ2n) is 7.58. The van der Waals surface area contributed by atoms with Crippen LogP contribution in [0.3, 0.4) is 0 Å². The van der Waals surface area contributed by atoms with Crippen molar-refractivity contribution in [2.24, 2.45) is 23.7 Å². The molecule has 0 aromatic carbocycles. The molecule has 2 bridgehead atoms. The molecule has 132 valence electrons. The third-order valence-electron chi connectivity index (χ3n) is 6.17. The van der Waals surface area contributed by atoms with Crippen molar-refractivity contribution in [3.63, 3.8) is 0 Å². The van der Waals surface area contributed by atoms with Gasteiger partial charge in [-0.3, -0.25) is 9.78 Å². The van der Waals surface area contributed by atoms with Gasteiger partial charge in [-0.1, -0.05) is 25.0 Å². The van der Waals surface area contributed by atoms with Crippen LogP contribution in [-0.4, -0.2) is 27.8 Å². The van der Waals surface area contributed by atoms with Gasteiger partial charge >= 0.3 is 0 Å². The number of carboxylic acid groups (broad SMARTS) is 1. The van der Waals surface area contributed by atoms with Crippen LogP contribution in [0, 0.1) is 23.7 Å². The molecule has 1 heterocycles. The van der Waals surface area contributed by atoms with Crippen LogP contribution in [0.2, 0.25) is 0 Å². The molecule has 2 saturated carbocycles. The van der Waals surface area contributed by atoms with E-state index >= 15 is 0 Å². The van der Waals surface area contributed by atoms with Crippen molar-refractivity contribution in [3.8, 4) is 0 Å². The fraction of sp³-hybridized carbons (Fsp3) is 0.550. The van der Waals surface area contributed by atoms with Crippen LogP contribution < -0.4 is 5.11 Å². The summed E-state index contributed by atoms with van der Waals surface area (Å²) in [5.74, 6) is -2.23. The smallest absolute Gasteiger partial charge is 0.227 e. The number of carboxylic acids is 1. The molecule has 0 aliphatic heterocycles. The Kier molecular flexibility index (Phi) is 4.32. The van der Waals surface area contributed by atoms with Gasteiger partial charge in [0.25, 0.3) is 0 Å². The molecule has 0 spiro atoms. The van der Waals surface area contributed by atoms with Crippen molar-refractivity contribution in [1.82, 2.24) is 9.88 Å². The first-order chi connectivity index (χ1) is 12.1. The number of fused-ring (bicyclic) bond motifs is 2. The van der Waals surface area contributed by atoms with Crippen LogP contribution in [0.1, 0.15) is 37.7 Å². The first kappa shape index (κ1) is 16.3. The maximum atomic E-state index is 13.4. The third-order valence-corrected chi connectivity index (χ3v) is 6.17. The molecular weight excluding hydrogens is 316 g/mol. The van der Waals surface area contributed by atoms with Crippen LogP contribution in [0.5, 0.6) is 0 Å². The summed E-state index contributed by atoms with van der Waals surface area (Å²) in [4.78, 5) is 31.1. The summed E-state index contributed by atoms with van der Waals surface area (Å²) in [5.41, 5.74) is 1.04. The van der Waals surface area contributed by atoms with E-state index < -0.39 is 17.8 Å². The van der Waals surface area contributed by atoms with E-state index in [-0.39, 0.29) is 23.8 Å². The molecule has 1 aromatic heterocycles. The molecule has 4 atom stereocenters. The molecule has 4 rings (SSSR count). The zero-order valence-corrected chi connectivity index (χ0v) is 14.2. The lowest BCUT2D eigenvalue weighted by molar-refractivity contribution is -0.313. The highest BCUT2D eigenvalue weighted by atomic mass is 16.4. The standard InChI is InChI=1S/C20H24N2O3/c23-19(17-14-5-6-15(11-14)18(17)20(24)25)22(16-3-1-2-4-16)12-13-7-9-21-10-8-13/h5-10,14-18H,1-4,11-12H2,(H,24,25)/p-1/t14-,15+,17+,18-/m1/s1. The van der Waals surface area contributed by atoms with Gasteiger partial charge in [0.05, 0.1) is 5.92 Å². The molecule has 0 saturated heterocycles. The van der Waals surface area contributed by atoms with Crippen molar-refractivity contribution in [3.05, 3.63) is 42.2 Å². The van der Waals surface area contributed by atoms with Gasteiger partial charge in [-0.05, 0) is 48.8 Å². The molecule has 25 heavy (non-hydrogen) atoms. The fourth-order valence-corrected chi connectivity index (χ4v) is 4.96. The number of carbonyl (C=O) groups excluding carboxylic acids is 2. The highest BCUT2D eigenvalue weighted by Gasteiger charge is 2.50. The quantitative estimate of drug-likeness (QED) is 0.763. The number of rotatable bonds is 5. The van der Waals surface area contributed by atoms with Crippen molar-refractivity contribution in [1.29, 1.82) is 0 Å². The van der Waals surface area contributed by atoms with Crippen LogP contribution >= 0.6 is 0 Å². The summed E-state index contributed by atoms with van der Waals surface area (Å²) < 4.78 is 0. The van der Waals surface area contributed by atoms with Crippen LogP contribution in [0.4, 0.5) is 0 Å². The number of hydrogen-bond donors (Lipinski definition) is 0. The number of pyridine rings is 1. The van der Waals surface area contributed by atoms with Crippen molar-refractivity contribution < 1.29 is 14.7 Å².